The Morgan fingerprint density at radius 2 is 1.96 bits per heavy atom. The maximum atomic E-state index is 12.5. The molecule has 1 saturated heterocycles. The number of aliphatic hydroxyl groups is 1. The molecule has 0 aromatic carbocycles. The predicted molar refractivity (Wildman–Crippen MR) is 91.2 cm³/mol. The second-order valence-electron chi connectivity index (χ2n) is 8.35. The number of ether oxygens (including phenoxy) is 1. The average molecular weight is 353 g/mol. The molecule has 0 saturated carbocycles. The Bertz CT molecular complexity index is 641. The molecule has 1 aromatic rings. The lowest BCUT2D eigenvalue weighted by Gasteiger charge is -2.27. The van der Waals surface area contributed by atoms with Crippen LogP contribution in [0.3, 0.4) is 0 Å². The minimum absolute atomic E-state index is 0.0546. The number of likely N-dealkylation sites (tertiary alicyclic amines) is 1. The monoisotopic (exact) mass is 353 g/mol. The quantitative estimate of drug-likeness (QED) is 0.845. The Labute approximate surface area is 147 Å². The minimum Gasteiger partial charge on any atom is -0.444 e. The zero-order chi connectivity index (χ0) is 19.0. The lowest BCUT2D eigenvalue weighted by Crippen LogP contribution is -2.45. The molecular formula is C17H27N3O5. The smallest absolute Gasteiger partial charge is 0.411 e. The van der Waals surface area contributed by atoms with Crippen LogP contribution in [0.4, 0.5) is 10.6 Å². The van der Waals surface area contributed by atoms with Crippen molar-refractivity contribution in [3.63, 3.8) is 0 Å². The van der Waals surface area contributed by atoms with E-state index in [0.717, 1.165) is 0 Å². The topological polar surface area (TPSA) is 105 Å². The van der Waals surface area contributed by atoms with E-state index in [1.54, 1.807) is 26.8 Å². The van der Waals surface area contributed by atoms with Crippen molar-refractivity contribution in [3.8, 4) is 0 Å². The Kier molecular flexibility index (Phi) is 5.13. The van der Waals surface area contributed by atoms with Gasteiger partial charge in [0.25, 0.3) is 0 Å². The number of nitrogens with zero attached hydrogens (tertiary/aromatic N) is 2. The molecule has 0 bridgehead atoms. The van der Waals surface area contributed by atoms with Gasteiger partial charge in [-0.15, -0.1) is 0 Å². The molecule has 1 aromatic heterocycles. The highest BCUT2D eigenvalue weighted by Crippen LogP contribution is 2.26. The van der Waals surface area contributed by atoms with E-state index >= 15 is 0 Å². The maximum Gasteiger partial charge on any atom is 0.411 e. The molecule has 2 amide bonds. The first-order valence-electron chi connectivity index (χ1n) is 8.32. The maximum absolute atomic E-state index is 12.5. The van der Waals surface area contributed by atoms with Crippen LogP contribution in [-0.4, -0.2) is 51.5 Å². The second kappa shape index (κ2) is 6.67. The molecule has 2 N–H and O–H groups in total. The van der Waals surface area contributed by atoms with Crippen molar-refractivity contribution in [2.45, 2.75) is 71.1 Å². The number of aliphatic hydroxyl groups excluding tert-OH is 1. The fourth-order valence-corrected chi connectivity index (χ4v) is 2.48. The first-order chi connectivity index (χ1) is 11.4. The molecule has 8 nitrogen and oxygen atoms in total. The summed E-state index contributed by atoms with van der Waals surface area (Å²) in [5.41, 5.74) is -0.915. The van der Waals surface area contributed by atoms with Gasteiger partial charge in [-0.25, -0.2) is 4.79 Å². The molecule has 25 heavy (non-hydrogen) atoms. The normalized spacial score (nSPS) is 21.3. The van der Waals surface area contributed by atoms with E-state index in [1.165, 1.54) is 4.90 Å². The lowest BCUT2D eigenvalue weighted by molar-refractivity contribution is -0.120. The van der Waals surface area contributed by atoms with Crippen LogP contribution in [0.1, 0.15) is 53.7 Å². The van der Waals surface area contributed by atoms with Crippen LogP contribution < -0.4 is 5.32 Å². The summed E-state index contributed by atoms with van der Waals surface area (Å²) < 4.78 is 10.5. The molecular weight excluding hydrogens is 326 g/mol. The van der Waals surface area contributed by atoms with Crippen molar-refractivity contribution >= 4 is 17.8 Å². The molecule has 0 aliphatic carbocycles. The number of aromatic nitrogens is 1. The number of nitrogens with one attached hydrogen (secondary N) is 1. The summed E-state index contributed by atoms with van der Waals surface area (Å²) in [6.07, 6.45) is -1.25. The van der Waals surface area contributed by atoms with Gasteiger partial charge in [-0.05, 0) is 20.8 Å². The van der Waals surface area contributed by atoms with Crippen LogP contribution in [0, 0.1) is 0 Å². The molecule has 0 unspecified atom stereocenters. The minimum atomic E-state index is -0.820. The standard InChI is InChI=1S/C17H27N3O5/c1-16(2,3)12-8-13(19-25-12)18-14(22)11-7-10(21)9-20(11)15(23)24-17(4,5)6/h8,10-11,21H,7,9H2,1-6H3,(H,18,19,22)/t10-,11-/m0/s1. The molecule has 2 rings (SSSR count). The lowest BCUT2D eigenvalue weighted by atomic mass is 9.93. The van der Waals surface area contributed by atoms with Crippen molar-refractivity contribution in [1.82, 2.24) is 10.1 Å². The molecule has 2 atom stereocenters. The van der Waals surface area contributed by atoms with Crippen molar-refractivity contribution in [2.24, 2.45) is 0 Å². The number of hydrogen-bond donors (Lipinski definition) is 2. The van der Waals surface area contributed by atoms with E-state index in [1.807, 2.05) is 20.8 Å². The summed E-state index contributed by atoms with van der Waals surface area (Å²) in [5, 5.41) is 16.4. The summed E-state index contributed by atoms with van der Waals surface area (Å²) in [6.45, 7) is 11.2. The van der Waals surface area contributed by atoms with Gasteiger partial charge in [-0.2, -0.15) is 0 Å². The van der Waals surface area contributed by atoms with Gasteiger partial charge in [-0.3, -0.25) is 9.69 Å². The summed E-state index contributed by atoms with van der Waals surface area (Å²) >= 11 is 0. The van der Waals surface area contributed by atoms with Gasteiger partial charge in [0.2, 0.25) is 5.91 Å². The third-order valence-electron chi connectivity index (χ3n) is 3.71. The zero-order valence-corrected chi connectivity index (χ0v) is 15.6. The molecule has 8 heteroatoms. The van der Waals surface area contributed by atoms with Crippen LogP contribution in [0.2, 0.25) is 0 Å². The van der Waals surface area contributed by atoms with Crippen LogP contribution in [0.15, 0.2) is 10.6 Å². The summed E-state index contributed by atoms with van der Waals surface area (Å²) in [7, 11) is 0. The SMILES string of the molecule is CC(C)(C)OC(=O)N1C[C@@H](O)C[C@H]1C(=O)Nc1cc(C(C)(C)C)on1. The third kappa shape index (κ3) is 4.94. The average Bonchev–Trinajstić information content (AvgIpc) is 3.02. The van der Waals surface area contributed by atoms with E-state index in [2.05, 4.69) is 10.5 Å². The Balaban J connectivity index is 2.08. The van der Waals surface area contributed by atoms with E-state index < -0.39 is 29.7 Å². The first-order valence-corrected chi connectivity index (χ1v) is 8.32. The van der Waals surface area contributed by atoms with Crippen LogP contribution in [0.5, 0.6) is 0 Å². The number of anilines is 1. The predicted octanol–water partition coefficient (Wildman–Crippen LogP) is 2.28. The van der Waals surface area contributed by atoms with Crippen molar-refractivity contribution in [3.05, 3.63) is 11.8 Å². The first kappa shape index (κ1) is 19.2. The van der Waals surface area contributed by atoms with Gasteiger partial charge >= 0.3 is 6.09 Å². The van der Waals surface area contributed by atoms with Gasteiger partial charge in [-0.1, -0.05) is 25.9 Å². The summed E-state index contributed by atoms with van der Waals surface area (Å²) in [5.74, 6) is 0.481. The molecule has 1 aliphatic heterocycles. The van der Waals surface area contributed by atoms with Crippen LogP contribution in [-0.2, 0) is 14.9 Å². The largest absolute Gasteiger partial charge is 0.444 e. The number of carbonyl (C=O) groups is 2. The molecule has 0 spiro atoms. The fraction of sp³-hybridized carbons (Fsp3) is 0.706. The van der Waals surface area contributed by atoms with Crippen LogP contribution >= 0.6 is 0 Å². The van der Waals surface area contributed by atoms with E-state index in [4.69, 9.17) is 9.26 Å². The highest BCUT2D eigenvalue weighted by Gasteiger charge is 2.41. The Hall–Kier alpha value is -2.09. The summed E-state index contributed by atoms with van der Waals surface area (Å²) in [4.78, 5) is 26.1. The Morgan fingerprint density at radius 3 is 2.48 bits per heavy atom. The van der Waals surface area contributed by atoms with Gasteiger partial charge < -0.3 is 19.7 Å². The third-order valence-corrected chi connectivity index (χ3v) is 3.71. The van der Waals surface area contributed by atoms with Crippen molar-refractivity contribution in [2.75, 3.05) is 11.9 Å². The van der Waals surface area contributed by atoms with Crippen LogP contribution in [0.25, 0.3) is 0 Å². The van der Waals surface area contributed by atoms with Crippen molar-refractivity contribution in [1.29, 1.82) is 0 Å². The zero-order valence-electron chi connectivity index (χ0n) is 15.6. The number of β-amino-alcohol motifs (C(OH)–C–C–N with tert-alkyl or cyclic N) is 1. The van der Waals surface area contributed by atoms with Gasteiger partial charge in [0.1, 0.15) is 17.4 Å². The number of amides is 2. The summed E-state index contributed by atoms with van der Waals surface area (Å²) in [6, 6.07) is 0.834. The van der Waals surface area contributed by atoms with E-state index in [0.29, 0.717) is 5.76 Å². The highest BCUT2D eigenvalue weighted by atomic mass is 16.6. The fourth-order valence-electron chi connectivity index (χ4n) is 2.48. The second-order valence-corrected chi connectivity index (χ2v) is 8.35. The highest BCUT2D eigenvalue weighted by molar-refractivity contribution is 5.96. The number of carbonyl (C=O) groups excluding carboxylic acids is 2. The van der Waals surface area contributed by atoms with Gasteiger partial charge in [0, 0.05) is 17.9 Å². The molecule has 2 heterocycles. The molecule has 140 valence electrons. The molecule has 1 aliphatic rings. The van der Waals surface area contributed by atoms with E-state index in [9.17, 15) is 14.7 Å². The number of rotatable bonds is 2. The van der Waals surface area contributed by atoms with Gasteiger partial charge in [0.05, 0.1) is 12.6 Å². The molecule has 0 radical (unpaired) electrons. The van der Waals surface area contributed by atoms with Gasteiger partial charge in [0.15, 0.2) is 5.82 Å². The van der Waals surface area contributed by atoms with E-state index in [-0.39, 0.29) is 24.2 Å². The Morgan fingerprint density at radius 1 is 1.32 bits per heavy atom. The molecule has 1 fully saturated rings. The number of hydrogen-bond acceptors (Lipinski definition) is 6. The van der Waals surface area contributed by atoms with Crippen molar-refractivity contribution < 1.29 is 24.0 Å².